The maximum atomic E-state index is 5.62. The number of halogens is 1. The van der Waals surface area contributed by atoms with E-state index in [1.54, 1.807) is 0 Å². The van der Waals surface area contributed by atoms with Crippen molar-refractivity contribution in [3.05, 3.63) is 0 Å². The summed E-state index contributed by atoms with van der Waals surface area (Å²) in [6.07, 6.45) is 2.61. The lowest BCUT2D eigenvalue weighted by Gasteiger charge is -2.15. The predicted molar refractivity (Wildman–Crippen MR) is 50.2 cm³/mol. The van der Waals surface area contributed by atoms with E-state index in [2.05, 4.69) is 13.8 Å². The van der Waals surface area contributed by atoms with Gasteiger partial charge in [-0.2, -0.15) is 0 Å². The second kappa shape index (κ2) is 6.93. The van der Waals surface area contributed by atoms with Crippen LogP contribution < -0.4 is 0 Å². The molecule has 1 nitrogen and oxygen atoms in total. The van der Waals surface area contributed by atoms with Gasteiger partial charge in [0.2, 0.25) is 0 Å². The Balaban J connectivity index is 3.32. The predicted octanol–water partition coefficient (Wildman–Crippen LogP) is 3.07. The normalized spacial score (nSPS) is 16.4. The van der Waals surface area contributed by atoms with E-state index in [0.29, 0.717) is 12.0 Å². The van der Waals surface area contributed by atoms with Crippen LogP contribution in [0.1, 0.15) is 33.6 Å². The van der Waals surface area contributed by atoms with Gasteiger partial charge in [0.15, 0.2) is 0 Å². The minimum atomic E-state index is 0.387. The third-order valence-electron chi connectivity index (χ3n) is 1.79. The molecule has 2 atom stereocenters. The van der Waals surface area contributed by atoms with Crippen LogP contribution >= 0.6 is 11.6 Å². The Hall–Kier alpha value is 0.250. The number of alkyl halides is 1. The molecular weight excluding hydrogens is 160 g/mol. The summed E-state index contributed by atoms with van der Waals surface area (Å²) in [6.45, 7) is 7.18. The number of rotatable bonds is 6. The lowest BCUT2D eigenvalue weighted by Crippen LogP contribution is -2.12. The Morgan fingerprint density at radius 1 is 1.36 bits per heavy atom. The molecule has 0 rings (SSSR count). The van der Waals surface area contributed by atoms with E-state index < -0.39 is 0 Å². The van der Waals surface area contributed by atoms with Crippen molar-refractivity contribution in [1.82, 2.24) is 0 Å². The van der Waals surface area contributed by atoms with E-state index in [1.807, 2.05) is 6.92 Å². The first-order chi connectivity index (χ1) is 5.20. The van der Waals surface area contributed by atoms with Crippen molar-refractivity contribution in [2.75, 3.05) is 12.5 Å². The van der Waals surface area contributed by atoms with Crippen LogP contribution in [0.5, 0.6) is 0 Å². The molecule has 68 valence electrons. The van der Waals surface area contributed by atoms with Crippen LogP contribution in [0.25, 0.3) is 0 Å². The van der Waals surface area contributed by atoms with Crippen molar-refractivity contribution in [3.8, 4) is 0 Å². The van der Waals surface area contributed by atoms with Gasteiger partial charge in [-0.05, 0) is 32.6 Å². The first kappa shape index (κ1) is 11.2. The van der Waals surface area contributed by atoms with Crippen molar-refractivity contribution < 1.29 is 4.74 Å². The van der Waals surface area contributed by atoms with E-state index in [4.69, 9.17) is 16.3 Å². The van der Waals surface area contributed by atoms with Crippen molar-refractivity contribution in [2.24, 2.45) is 5.92 Å². The van der Waals surface area contributed by atoms with Gasteiger partial charge in [0, 0.05) is 12.5 Å². The van der Waals surface area contributed by atoms with E-state index in [1.165, 1.54) is 0 Å². The van der Waals surface area contributed by atoms with Gasteiger partial charge in [-0.1, -0.05) is 6.92 Å². The summed E-state index contributed by atoms with van der Waals surface area (Å²) < 4.78 is 5.42. The highest BCUT2D eigenvalue weighted by Gasteiger charge is 2.07. The Kier molecular flexibility index (Phi) is 7.09. The van der Waals surface area contributed by atoms with E-state index >= 15 is 0 Å². The van der Waals surface area contributed by atoms with Crippen LogP contribution in [0, 0.1) is 5.92 Å². The maximum absolute atomic E-state index is 5.62. The molecule has 0 amide bonds. The minimum absolute atomic E-state index is 0.387. The molecule has 0 spiro atoms. The highest BCUT2D eigenvalue weighted by atomic mass is 35.5. The standard InChI is InChI=1S/C9H19ClO/c1-4-11-9(3)7-8(2)5-6-10/h8-9H,4-7H2,1-3H3/t8-,9-/m1/s1. The topological polar surface area (TPSA) is 9.23 Å². The van der Waals surface area contributed by atoms with Crippen LogP contribution in [0.4, 0.5) is 0 Å². The summed E-state index contributed by atoms with van der Waals surface area (Å²) in [5, 5.41) is 0. The van der Waals surface area contributed by atoms with Crippen molar-refractivity contribution in [2.45, 2.75) is 39.7 Å². The third-order valence-corrected chi connectivity index (χ3v) is 2.01. The third kappa shape index (κ3) is 6.64. The van der Waals surface area contributed by atoms with Gasteiger partial charge in [0.1, 0.15) is 0 Å². The highest BCUT2D eigenvalue weighted by molar-refractivity contribution is 6.17. The van der Waals surface area contributed by atoms with Crippen LogP contribution in [0.2, 0.25) is 0 Å². The minimum Gasteiger partial charge on any atom is -0.379 e. The van der Waals surface area contributed by atoms with Gasteiger partial charge in [0.05, 0.1) is 6.10 Å². The number of hydrogen-bond donors (Lipinski definition) is 0. The average molecular weight is 179 g/mol. The molecule has 0 aliphatic carbocycles. The lowest BCUT2D eigenvalue weighted by molar-refractivity contribution is 0.0594. The van der Waals surface area contributed by atoms with Crippen LogP contribution in [-0.2, 0) is 4.74 Å². The van der Waals surface area contributed by atoms with Gasteiger partial charge in [-0.25, -0.2) is 0 Å². The van der Waals surface area contributed by atoms with E-state index in [-0.39, 0.29) is 0 Å². The van der Waals surface area contributed by atoms with Gasteiger partial charge in [-0.3, -0.25) is 0 Å². The summed E-state index contributed by atoms with van der Waals surface area (Å²) in [5.41, 5.74) is 0. The largest absolute Gasteiger partial charge is 0.379 e. The quantitative estimate of drug-likeness (QED) is 0.568. The summed E-state index contributed by atoms with van der Waals surface area (Å²) in [6, 6.07) is 0. The molecule has 11 heavy (non-hydrogen) atoms. The summed E-state index contributed by atoms with van der Waals surface area (Å²) in [5.74, 6) is 1.45. The Morgan fingerprint density at radius 2 is 2.00 bits per heavy atom. The van der Waals surface area contributed by atoms with Gasteiger partial charge in [-0.15, -0.1) is 11.6 Å². The number of ether oxygens (including phenoxy) is 1. The van der Waals surface area contributed by atoms with Crippen LogP contribution in [0.15, 0.2) is 0 Å². The molecule has 0 bridgehead atoms. The van der Waals surface area contributed by atoms with Crippen LogP contribution in [-0.4, -0.2) is 18.6 Å². The molecule has 2 heteroatoms. The summed E-state index contributed by atoms with van der Waals surface area (Å²) in [7, 11) is 0. The molecular formula is C9H19ClO. The molecule has 0 N–H and O–H groups in total. The zero-order valence-electron chi connectivity index (χ0n) is 7.77. The van der Waals surface area contributed by atoms with Crippen molar-refractivity contribution in [3.63, 3.8) is 0 Å². The summed E-state index contributed by atoms with van der Waals surface area (Å²) in [4.78, 5) is 0. The average Bonchev–Trinajstić information content (AvgIpc) is 1.87. The van der Waals surface area contributed by atoms with Gasteiger partial charge < -0.3 is 4.74 Å². The maximum Gasteiger partial charge on any atom is 0.0549 e. The molecule has 0 saturated heterocycles. The second-order valence-corrected chi connectivity index (χ2v) is 3.46. The second-order valence-electron chi connectivity index (χ2n) is 3.08. The van der Waals surface area contributed by atoms with Crippen molar-refractivity contribution >= 4 is 11.6 Å². The zero-order chi connectivity index (χ0) is 8.69. The fourth-order valence-corrected chi connectivity index (χ4v) is 1.60. The molecule has 0 aromatic heterocycles. The van der Waals surface area contributed by atoms with E-state index in [0.717, 1.165) is 25.3 Å². The molecule has 0 aliphatic heterocycles. The van der Waals surface area contributed by atoms with Gasteiger partial charge >= 0.3 is 0 Å². The Morgan fingerprint density at radius 3 is 2.45 bits per heavy atom. The molecule has 0 fully saturated rings. The van der Waals surface area contributed by atoms with E-state index in [9.17, 15) is 0 Å². The Labute approximate surface area is 75.1 Å². The number of hydrogen-bond acceptors (Lipinski definition) is 1. The Bertz CT molecular complexity index is 75.6. The first-order valence-corrected chi connectivity index (χ1v) is 4.91. The highest BCUT2D eigenvalue weighted by Crippen LogP contribution is 2.12. The van der Waals surface area contributed by atoms with Crippen LogP contribution in [0.3, 0.4) is 0 Å². The summed E-state index contributed by atoms with van der Waals surface area (Å²) >= 11 is 5.62. The molecule has 0 heterocycles. The monoisotopic (exact) mass is 178 g/mol. The molecule has 0 aromatic rings. The first-order valence-electron chi connectivity index (χ1n) is 4.38. The molecule has 0 aromatic carbocycles. The smallest absolute Gasteiger partial charge is 0.0549 e. The SMILES string of the molecule is CCO[C@H](C)C[C@H](C)CCCl. The van der Waals surface area contributed by atoms with Gasteiger partial charge in [0.25, 0.3) is 0 Å². The zero-order valence-corrected chi connectivity index (χ0v) is 8.53. The molecule has 0 aliphatic rings. The lowest BCUT2D eigenvalue weighted by atomic mass is 10.0. The molecule has 0 unspecified atom stereocenters. The molecule has 0 saturated carbocycles. The molecule has 0 radical (unpaired) electrons. The fraction of sp³-hybridized carbons (Fsp3) is 1.00. The van der Waals surface area contributed by atoms with Crippen molar-refractivity contribution in [1.29, 1.82) is 0 Å². The fourth-order valence-electron chi connectivity index (χ4n) is 1.22.